The lowest BCUT2D eigenvalue weighted by Gasteiger charge is -2.14. The molecule has 2 aromatic rings. The van der Waals surface area contributed by atoms with E-state index in [4.69, 9.17) is 21.7 Å². The lowest BCUT2D eigenvalue weighted by atomic mass is 10.2. The number of benzene rings is 2. The quantitative estimate of drug-likeness (QED) is 0.377. The second-order valence-corrected chi connectivity index (χ2v) is 7.88. The third-order valence-electron chi connectivity index (χ3n) is 3.58. The summed E-state index contributed by atoms with van der Waals surface area (Å²) >= 11 is 11.7. The summed E-state index contributed by atoms with van der Waals surface area (Å²) in [5, 5.41) is 2.46. The van der Waals surface area contributed by atoms with Gasteiger partial charge in [-0.05, 0) is 71.0 Å². The molecule has 3 N–H and O–H groups in total. The number of hydrogen-bond acceptors (Lipinski definition) is 5. The number of hydrogen-bond donors (Lipinski definition) is 3. The van der Waals surface area contributed by atoms with E-state index in [2.05, 4.69) is 48.0 Å². The van der Waals surface area contributed by atoms with Gasteiger partial charge in [-0.25, -0.2) is 0 Å². The number of amides is 2. The molecule has 0 aliphatic heterocycles. The van der Waals surface area contributed by atoms with Crippen molar-refractivity contribution in [3.05, 3.63) is 56.5 Å². The van der Waals surface area contributed by atoms with Crippen LogP contribution in [-0.2, 0) is 0 Å². The first kappa shape index (κ1) is 23.1. The fourth-order valence-corrected chi connectivity index (χ4v) is 3.26. The molecule has 10 heteroatoms. The zero-order valence-corrected chi connectivity index (χ0v) is 19.7. The molecule has 0 saturated carbocycles. The van der Waals surface area contributed by atoms with Gasteiger partial charge < -0.3 is 9.47 Å². The standard InChI is InChI=1S/C19H19Br2N3O4S/c1-3-8-28-15-7-5-12(20)10-13(15)18(26)22-19(29)24-23-17(25)11-4-6-16(27-2)14(21)9-11/h4-7,9-10H,3,8H2,1-2H3,(H,23,25)(H2,22,24,26,29). The number of ether oxygens (including phenoxy) is 2. The van der Waals surface area contributed by atoms with Crippen molar-refractivity contribution in [1.82, 2.24) is 16.2 Å². The summed E-state index contributed by atoms with van der Waals surface area (Å²) in [5.74, 6) is 0.158. The number of carbonyl (C=O) groups is 2. The minimum atomic E-state index is -0.462. The molecular formula is C19H19Br2N3O4S. The molecule has 0 spiro atoms. The zero-order chi connectivity index (χ0) is 21.4. The fraction of sp³-hybridized carbons (Fsp3) is 0.211. The number of nitrogens with one attached hydrogen (secondary N) is 3. The van der Waals surface area contributed by atoms with Gasteiger partial charge in [0.15, 0.2) is 5.11 Å². The van der Waals surface area contributed by atoms with Crippen molar-refractivity contribution in [2.75, 3.05) is 13.7 Å². The second-order valence-electron chi connectivity index (χ2n) is 5.70. The second kappa shape index (κ2) is 11.1. The average Bonchev–Trinajstić information content (AvgIpc) is 2.70. The van der Waals surface area contributed by atoms with Gasteiger partial charge in [-0.15, -0.1) is 0 Å². The molecule has 0 radical (unpaired) electrons. The van der Waals surface area contributed by atoms with Crippen molar-refractivity contribution >= 4 is 61.0 Å². The first-order chi connectivity index (χ1) is 13.8. The maximum Gasteiger partial charge on any atom is 0.269 e. The maximum atomic E-state index is 12.5. The van der Waals surface area contributed by atoms with Crippen molar-refractivity contribution in [2.45, 2.75) is 13.3 Å². The molecule has 0 unspecified atom stereocenters. The zero-order valence-electron chi connectivity index (χ0n) is 15.7. The van der Waals surface area contributed by atoms with Gasteiger partial charge in [0, 0.05) is 10.0 Å². The van der Waals surface area contributed by atoms with E-state index in [1.807, 2.05) is 6.92 Å². The van der Waals surface area contributed by atoms with Crippen LogP contribution in [0, 0.1) is 0 Å². The third kappa shape index (κ3) is 6.69. The molecule has 2 aromatic carbocycles. The topological polar surface area (TPSA) is 88.7 Å². The van der Waals surface area contributed by atoms with Crippen LogP contribution >= 0.6 is 44.1 Å². The minimum Gasteiger partial charge on any atom is -0.496 e. The monoisotopic (exact) mass is 543 g/mol. The average molecular weight is 545 g/mol. The Morgan fingerprint density at radius 3 is 2.41 bits per heavy atom. The number of hydrazine groups is 1. The van der Waals surface area contributed by atoms with Crippen LogP contribution in [0.25, 0.3) is 0 Å². The summed E-state index contributed by atoms with van der Waals surface area (Å²) in [6, 6.07) is 9.98. The highest BCUT2D eigenvalue weighted by Gasteiger charge is 2.15. The molecule has 2 rings (SSSR count). The summed E-state index contributed by atoms with van der Waals surface area (Å²) in [7, 11) is 1.53. The predicted octanol–water partition coefficient (Wildman–Crippen LogP) is 3.96. The molecule has 0 fully saturated rings. The largest absolute Gasteiger partial charge is 0.496 e. The molecule has 0 bridgehead atoms. The van der Waals surface area contributed by atoms with E-state index < -0.39 is 11.8 Å². The number of methoxy groups -OCH3 is 1. The third-order valence-corrected chi connectivity index (χ3v) is 4.90. The smallest absolute Gasteiger partial charge is 0.269 e. The summed E-state index contributed by atoms with van der Waals surface area (Å²) in [4.78, 5) is 24.8. The van der Waals surface area contributed by atoms with E-state index in [1.165, 1.54) is 7.11 Å². The van der Waals surface area contributed by atoms with Crippen LogP contribution in [0.5, 0.6) is 11.5 Å². The van der Waals surface area contributed by atoms with Gasteiger partial charge in [0.1, 0.15) is 11.5 Å². The van der Waals surface area contributed by atoms with Gasteiger partial charge in [-0.1, -0.05) is 22.9 Å². The molecule has 0 aliphatic rings. The summed E-state index contributed by atoms with van der Waals surface area (Å²) in [6.07, 6.45) is 0.810. The highest BCUT2D eigenvalue weighted by Crippen LogP contribution is 2.25. The Labute approximate surface area is 190 Å². The van der Waals surface area contributed by atoms with Crippen LogP contribution in [0.2, 0.25) is 0 Å². The molecule has 7 nitrogen and oxygen atoms in total. The fourth-order valence-electron chi connectivity index (χ4n) is 2.21. The molecule has 0 atom stereocenters. The van der Waals surface area contributed by atoms with Crippen molar-refractivity contribution in [1.29, 1.82) is 0 Å². The van der Waals surface area contributed by atoms with Gasteiger partial charge in [0.2, 0.25) is 0 Å². The number of halogens is 2. The maximum absolute atomic E-state index is 12.5. The highest BCUT2D eigenvalue weighted by atomic mass is 79.9. The highest BCUT2D eigenvalue weighted by molar-refractivity contribution is 9.10. The molecule has 0 aromatic heterocycles. The predicted molar refractivity (Wildman–Crippen MR) is 121 cm³/mol. The van der Waals surface area contributed by atoms with Crippen LogP contribution in [0.15, 0.2) is 45.3 Å². The van der Waals surface area contributed by atoms with Gasteiger partial charge in [0.25, 0.3) is 11.8 Å². The first-order valence-electron chi connectivity index (χ1n) is 8.53. The van der Waals surface area contributed by atoms with Gasteiger partial charge in [0.05, 0.1) is 23.8 Å². The Kier molecular flexibility index (Phi) is 8.87. The van der Waals surface area contributed by atoms with Gasteiger partial charge in [-0.3, -0.25) is 25.8 Å². The van der Waals surface area contributed by atoms with E-state index in [0.717, 1.165) is 10.9 Å². The van der Waals surface area contributed by atoms with E-state index in [1.54, 1.807) is 36.4 Å². The Morgan fingerprint density at radius 1 is 1.03 bits per heavy atom. The van der Waals surface area contributed by atoms with Gasteiger partial charge >= 0.3 is 0 Å². The van der Waals surface area contributed by atoms with Crippen LogP contribution in [0.4, 0.5) is 0 Å². The van der Waals surface area contributed by atoms with Crippen molar-refractivity contribution in [2.24, 2.45) is 0 Å². The van der Waals surface area contributed by atoms with Crippen LogP contribution < -0.4 is 25.6 Å². The Morgan fingerprint density at radius 2 is 1.76 bits per heavy atom. The lowest BCUT2D eigenvalue weighted by Crippen LogP contribution is -2.48. The van der Waals surface area contributed by atoms with Crippen LogP contribution in [-0.4, -0.2) is 30.6 Å². The molecular weight excluding hydrogens is 526 g/mol. The molecule has 154 valence electrons. The van der Waals surface area contributed by atoms with E-state index >= 15 is 0 Å². The number of rotatable bonds is 6. The van der Waals surface area contributed by atoms with E-state index in [9.17, 15) is 9.59 Å². The van der Waals surface area contributed by atoms with E-state index in [-0.39, 0.29) is 5.11 Å². The minimum absolute atomic E-state index is 0.0580. The van der Waals surface area contributed by atoms with Crippen molar-refractivity contribution in [3.63, 3.8) is 0 Å². The normalized spacial score (nSPS) is 10.1. The molecule has 29 heavy (non-hydrogen) atoms. The Balaban J connectivity index is 1.97. The molecule has 0 saturated heterocycles. The van der Waals surface area contributed by atoms with Crippen LogP contribution in [0.1, 0.15) is 34.1 Å². The van der Waals surface area contributed by atoms with Crippen molar-refractivity contribution in [3.8, 4) is 11.5 Å². The van der Waals surface area contributed by atoms with Crippen LogP contribution in [0.3, 0.4) is 0 Å². The van der Waals surface area contributed by atoms with Crippen molar-refractivity contribution < 1.29 is 19.1 Å². The summed E-state index contributed by atoms with van der Waals surface area (Å²) in [6.45, 7) is 2.46. The summed E-state index contributed by atoms with van der Waals surface area (Å²) < 4.78 is 12.1. The molecule has 0 heterocycles. The molecule has 2 amide bonds. The lowest BCUT2D eigenvalue weighted by molar-refractivity contribution is 0.0933. The van der Waals surface area contributed by atoms with Gasteiger partial charge in [-0.2, -0.15) is 0 Å². The Hall–Kier alpha value is -2.17. The number of carbonyl (C=O) groups excluding carboxylic acids is 2. The first-order valence-corrected chi connectivity index (χ1v) is 10.5. The van der Waals surface area contributed by atoms with E-state index in [0.29, 0.717) is 33.7 Å². The summed E-state index contributed by atoms with van der Waals surface area (Å²) in [5.41, 5.74) is 5.64. The number of thiocarbonyl (C=S) groups is 1. The molecule has 0 aliphatic carbocycles. The SMILES string of the molecule is CCCOc1ccc(Br)cc1C(=O)NC(=S)NNC(=O)c1ccc(OC)c(Br)c1. The Bertz CT molecular complexity index is 924.